The second-order valence-corrected chi connectivity index (χ2v) is 5.23. The summed E-state index contributed by atoms with van der Waals surface area (Å²) in [4.78, 5) is 12.0. The number of aromatic nitrogens is 3. The van der Waals surface area contributed by atoms with Gasteiger partial charge in [0.1, 0.15) is 0 Å². The summed E-state index contributed by atoms with van der Waals surface area (Å²) in [5.74, 6) is -0.225. The van der Waals surface area contributed by atoms with Crippen LogP contribution in [-0.4, -0.2) is 34.0 Å². The van der Waals surface area contributed by atoms with Gasteiger partial charge in [0.05, 0.1) is 11.4 Å². The van der Waals surface area contributed by atoms with Crippen LogP contribution in [0.5, 0.6) is 0 Å². The van der Waals surface area contributed by atoms with E-state index in [0.29, 0.717) is 24.5 Å². The fourth-order valence-corrected chi connectivity index (χ4v) is 2.17. The van der Waals surface area contributed by atoms with Crippen LogP contribution in [0.25, 0.3) is 5.69 Å². The van der Waals surface area contributed by atoms with Gasteiger partial charge >= 0.3 is 0 Å². The number of nitrogens with zero attached hydrogens (tertiary/aromatic N) is 3. The van der Waals surface area contributed by atoms with E-state index in [4.69, 9.17) is 5.73 Å². The van der Waals surface area contributed by atoms with Gasteiger partial charge in [-0.2, -0.15) is 0 Å². The molecular weight excluding hydrogens is 322 g/mol. The number of hydrogen-bond donors (Lipinski definition) is 2. The Labute approximate surface area is 125 Å². The van der Waals surface area contributed by atoms with Crippen LogP contribution in [0.3, 0.4) is 0 Å². The molecule has 0 fully saturated rings. The molecule has 20 heavy (non-hydrogen) atoms. The highest BCUT2D eigenvalue weighted by atomic mass is 79.9. The molecule has 0 radical (unpaired) electrons. The van der Waals surface area contributed by atoms with E-state index in [-0.39, 0.29) is 5.91 Å². The zero-order chi connectivity index (χ0) is 14.5. The van der Waals surface area contributed by atoms with E-state index in [9.17, 15) is 4.79 Å². The average Bonchev–Trinajstić information content (AvgIpc) is 2.81. The number of halogens is 1. The van der Waals surface area contributed by atoms with Crippen molar-refractivity contribution in [2.45, 2.75) is 13.3 Å². The van der Waals surface area contributed by atoms with E-state index in [1.54, 1.807) is 4.68 Å². The van der Waals surface area contributed by atoms with Gasteiger partial charge in [-0.05, 0) is 38.1 Å². The van der Waals surface area contributed by atoms with Gasteiger partial charge in [-0.3, -0.25) is 4.79 Å². The molecule has 7 heteroatoms. The van der Waals surface area contributed by atoms with Crippen molar-refractivity contribution in [3.05, 3.63) is 40.1 Å². The molecule has 1 amide bonds. The number of nitrogens with two attached hydrogens (primary N) is 1. The third-order valence-electron chi connectivity index (χ3n) is 2.83. The molecule has 6 nitrogen and oxygen atoms in total. The summed E-state index contributed by atoms with van der Waals surface area (Å²) in [5, 5.41) is 10.8. The standard InChI is InChI=1S/C13H16BrN5O/c1-9-12(13(20)16-7-3-6-15)17-18-19(9)11-5-2-4-10(14)8-11/h2,4-5,8H,3,6-7,15H2,1H3,(H,16,20). The molecule has 1 heterocycles. The second kappa shape index (κ2) is 6.62. The molecule has 0 saturated carbocycles. The number of benzene rings is 1. The minimum atomic E-state index is -0.225. The van der Waals surface area contributed by atoms with E-state index in [1.165, 1.54) is 0 Å². The third-order valence-corrected chi connectivity index (χ3v) is 3.32. The van der Waals surface area contributed by atoms with Gasteiger partial charge < -0.3 is 11.1 Å². The number of hydrogen-bond acceptors (Lipinski definition) is 4. The molecule has 0 atom stereocenters. The molecule has 0 aliphatic carbocycles. The first-order chi connectivity index (χ1) is 9.63. The quantitative estimate of drug-likeness (QED) is 0.808. The second-order valence-electron chi connectivity index (χ2n) is 4.31. The first-order valence-corrected chi connectivity index (χ1v) is 7.09. The summed E-state index contributed by atoms with van der Waals surface area (Å²) < 4.78 is 2.58. The lowest BCUT2D eigenvalue weighted by atomic mass is 10.3. The van der Waals surface area contributed by atoms with Crippen LogP contribution in [0.15, 0.2) is 28.7 Å². The number of amides is 1. The predicted octanol–water partition coefficient (Wildman–Crippen LogP) is 1.42. The number of rotatable bonds is 5. The maximum absolute atomic E-state index is 12.0. The van der Waals surface area contributed by atoms with Gasteiger partial charge in [0.2, 0.25) is 0 Å². The van der Waals surface area contributed by atoms with Crippen molar-refractivity contribution < 1.29 is 4.79 Å². The molecular formula is C13H16BrN5O. The van der Waals surface area contributed by atoms with Crippen molar-refractivity contribution in [1.82, 2.24) is 20.3 Å². The van der Waals surface area contributed by atoms with E-state index in [1.807, 2.05) is 31.2 Å². The largest absolute Gasteiger partial charge is 0.351 e. The summed E-state index contributed by atoms with van der Waals surface area (Å²) >= 11 is 3.41. The highest BCUT2D eigenvalue weighted by molar-refractivity contribution is 9.10. The lowest BCUT2D eigenvalue weighted by Gasteiger charge is -2.05. The average molecular weight is 338 g/mol. The first kappa shape index (κ1) is 14.7. The summed E-state index contributed by atoms with van der Waals surface area (Å²) in [5.41, 5.74) is 7.28. The Hall–Kier alpha value is -1.73. The molecule has 2 rings (SSSR count). The Bertz CT molecular complexity index is 611. The van der Waals surface area contributed by atoms with Crippen LogP contribution in [0.1, 0.15) is 22.6 Å². The van der Waals surface area contributed by atoms with Crippen LogP contribution in [0.2, 0.25) is 0 Å². The lowest BCUT2D eigenvalue weighted by molar-refractivity contribution is 0.0948. The van der Waals surface area contributed by atoms with Crippen LogP contribution in [0, 0.1) is 6.92 Å². The van der Waals surface area contributed by atoms with Gasteiger partial charge in [-0.1, -0.05) is 27.2 Å². The molecule has 1 aromatic carbocycles. The molecule has 3 N–H and O–H groups in total. The van der Waals surface area contributed by atoms with E-state index in [0.717, 1.165) is 16.6 Å². The minimum Gasteiger partial charge on any atom is -0.351 e. The maximum Gasteiger partial charge on any atom is 0.273 e. The third kappa shape index (κ3) is 3.23. The van der Waals surface area contributed by atoms with E-state index >= 15 is 0 Å². The minimum absolute atomic E-state index is 0.225. The fourth-order valence-electron chi connectivity index (χ4n) is 1.78. The molecule has 0 bridgehead atoms. The van der Waals surface area contributed by atoms with Gasteiger partial charge in [0.15, 0.2) is 5.69 Å². The molecule has 0 aliphatic heterocycles. The molecule has 106 valence electrons. The Morgan fingerprint density at radius 1 is 1.50 bits per heavy atom. The van der Waals surface area contributed by atoms with E-state index in [2.05, 4.69) is 31.6 Å². The zero-order valence-electron chi connectivity index (χ0n) is 11.1. The van der Waals surface area contributed by atoms with Gasteiger partial charge in [-0.25, -0.2) is 4.68 Å². The number of carbonyl (C=O) groups is 1. The molecule has 0 aliphatic rings. The van der Waals surface area contributed by atoms with Crippen LogP contribution in [0.4, 0.5) is 0 Å². The van der Waals surface area contributed by atoms with Crippen LogP contribution in [-0.2, 0) is 0 Å². The zero-order valence-corrected chi connectivity index (χ0v) is 12.7. The Morgan fingerprint density at radius 2 is 2.30 bits per heavy atom. The summed E-state index contributed by atoms with van der Waals surface area (Å²) in [6.07, 6.45) is 0.741. The predicted molar refractivity (Wildman–Crippen MR) is 79.8 cm³/mol. The van der Waals surface area contributed by atoms with Crippen molar-refractivity contribution in [3.63, 3.8) is 0 Å². The van der Waals surface area contributed by atoms with Crippen molar-refractivity contribution in [2.75, 3.05) is 13.1 Å². The molecule has 2 aromatic rings. The van der Waals surface area contributed by atoms with Gasteiger partial charge in [-0.15, -0.1) is 5.10 Å². The van der Waals surface area contributed by atoms with Crippen LogP contribution >= 0.6 is 15.9 Å². The number of nitrogens with one attached hydrogen (secondary N) is 1. The van der Waals surface area contributed by atoms with Crippen molar-refractivity contribution in [3.8, 4) is 5.69 Å². The van der Waals surface area contributed by atoms with E-state index < -0.39 is 0 Å². The van der Waals surface area contributed by atoms with Crippen molar-refractivity contribution in [1.29, 1.82) is 0 Å². The van der Waals surface area contributed by atoms with Crippen molar-refractivity contribution >= 4 is 21.8 Å². The molecule has 0 saturated heterocycles. The summed E-state index contributed by atoms with van der Waals surface area (Å²) in [7, 11) is 0. The van der Waals surface area contributed by atoms with Gasteiger partial charge in [0.25, 0.3) is 5.91 Å². The van der Waals surface area contributed by atoms with Gasteiger partial charge in [0, 0.05) is 11.0 Å². The summed E-state index contributed by atoms with van der Waals surface area (Å²) in [6, 6.07) is 7.65. The summed E-state index contributed by atoms with van der Waals surface area (Å²) in [6.45, 7) is 2.90. The SMILES string of the molecule is Cc1c(C(=O)NCCCN)nnn1-c1cccc(Br)c1. The van der Waals surface area contributed by atoms with Crippen molar-refractivity contribution in [2.24, 2.45) is 5.73 Å². The Kier molecular flexibility index (Phi) is 4.86. The smallest absolute Gasteiger partial charge is 0.273 e. The first-order valence-electron chi connectivity index (χ1n) is 6.30. The molecule has 1 aromatic heterocycles. The molecule has 0 unspecified atom stereocenters. The topological polar surface area (TPSA) is 85.8 Å². The number of carbonyl (C=O) groups excluding carboxylic acids is 1. The lowest BCUT2D eigenvalue weighted by Crippen LogP contribution is -2.27. The van der Waals surface area contributed by atoms with Crippen LogP contribution < -0.4 is 11.1 Å². The maximum atomic E-state index is 12.0. The molecule has 0 spiro atoms. The monoisotopic (exact) mass is 337 g/mol. The Balaban J connectivity index is 2.21. The normalized spacial score (nSPS) is 10.6. The highest BCUT2D eigenvalue weighted by Gasteiger charge is 2.16. The highest BCUT2D eigenvalue weighted by Crippen LogP contribution is 2.17. The fraction of sp³-hybridized carbons (Fsp3) is 0.308. The Morgan fingerprint density at radius 3 is 3.00 bits per heavy atom.